The van der Waals surface area contributed by atoms with Crippen LogP contribution in [0.1, 0.15) is 26.0 Å². The highest BCUT2D eigenvalue weighted by molar-refractivity contribution is 6.29. The Morgan fingerprint density at radius 3 is 2.60 bits per heavy atom. The average Bonchev–Trinajstić information content (AvgIpc) is 2.19. The van der Waals surface area contributed by atoms with Gasteiger partial charge in [-0.15, -0.1) is 0 Å². The molecule has 3 nitrogen and oxygen atoms in total. The molecule has 1 aromatic heterocycles. The van der Waals surface area contributed by atoms with Gasteiger partial charge in [-0.25, -0.2) is 4.98 Å². The first-order valence-electron chi connectivity index (χ1n) is 5.23. The maximum Gasteiger partial charge on any atom is 0.147 e. The Kier molecular flexibility index (Phi) is 4.99. The Balaban J connectivity index is 2.37. The first-order chi connectivity index (χ1) is 7.08. The minimum Gasteiger partial charge on any atom is -0.300 e. The largest absolute Gasteiger partial charge is 0.300 e. The minimum absolute atomic E-state index is 0.448. The number of rotatable bonds is 5. The van der Waals surface area contributed by atoms with Gasteiger partial charge in [0.2, 0.25) is 0 Å². The summed E-state index contributed by atoms with van der Waals surface area (Å²) >= 11 is 5.66. The van der Waals surface area contributed by atoms with Crippen molar-refractivity contribution < 1.29 is 0 Å². The minimum atomic E-state index is 0.448. The Hall–Kier alpha value is -0.670. The SMILES string of the molecule is CC(C)CCN(C)Cc1cnc(Cl)cn1. The van der Waals surface area contributed by atoms with Gasteiger partial charge in [-0.3, -0.25) is 4.98 Å². The van der Waals surface area contributed by atoms with Crippen molar-refractivity contribution in [2.45, 2.75) is 26.8 Å². The third kappa shape index (κ3) is 5.09. The van der Waals surface area contributed by atoms with Gasteiger partial charge in [0, 0.05) is 6.54 Å². The summed E-state index contributed by atoms with van der Waals surface area (Å²) in [6.07, 6.45) is 4.53. The summed E-state index contributed by atoms with van der Waals surface area (Å²) in [5, 5.41) is 0.448. The van der Waals surface area contributed by atoms with Gasteiger partial charge in [-0.2, -0.15) is 0 Å². The van der Waals surface area contributed by atoms with E-state index >= 15 is 0 Å². The van der Waals surface area contributed by atoms with E-state index in [4.69, 9.17) is 11.6 Å². The van der Waals surface area contributed by atoms with Crippen LogP contribution in [-0.4, -0.2) is 28.5 Å². The molecule has 1 heterocycles. The van der Waals surface area contributed by atoms with E-state index in [0.717, 1.165) is 24.7 Å². The standard InChI is InChI=1S/C11H18ClN3/c1-9(2)4-5-15(3)8-10-6-14-11(12)7-13-10/h6-7,9H,4-5,8H2,1-3H3. The summed E-state index contributed by atoms with van der Waals surface area (Å²) in [6, 6.07) is 0. The van der Waals surface area contributed by atoms with E-state index in [9.17, 15) is 0 Å². The summed E-state index contributed by atoms with van der Waals surface area (Å²) in [6.45, 7) is 6.38. The average molecular weight is 228 g/mol. The summed E-state index contributed by atoms with van der Waals surface area (Å²) in [7, 11) is 2.10. The van der Waals surface area contributed by atoms with Gasteiger partial charge in [-0.1, -0.05) is 25.4 Å². The maximum absolute atomic E-state index is 5.66. The monoisotopic (exact) mass is 227 g/mol. The van der Waals surface area contributed by atoms with Crippen molar-refractivity contribution in [3.8, 4) is 0 Å². The molecule has 0 aliphatic heterocycles. The summed E-state index contributed by atoms with van der Waals surface area (Å²) in [5.41, 5.74) is 0.964. The first kappa shape index (κ1) is 12.4. The van der Waals surface area contributed by atoms with Crippen molar-refractivity contribution in [3.63, 3.8) is 0 Å². The second-order valence-corrected chi connectivity index (χ2v) is 4.64. The highest BCUT2D eigenvalue weighted by Crippen LogP contribution is 2.05. The van der Waals surface area contributed by atoms with Crippen LogP contribution in [0.15, 0.2) is 12.4 Å². The molecule has 1 rings (SSSR count). The zero-order valence-corrected chi connectivity index (χ0v) is 10.3. The van der Waals surface area contributed by atoms with Crippen molar-refractivity contribution in [1.82, 2.24) is 14.9 Å². The zero-order valence-electron chi connectivity index (χ0n) is 9.57. The molecule has 0 fully saturated rings. The van der Waals surface area contributed by atoms with E-state index in [-0.39, 0.29) is 0 Å². The Labute approximate surface area is 96.5 Å². The van der Waals surface area contributed by atoms with E-state index in [2.05, 4.69) is 35.8 Å². The molecule has 0 N–H and O–H groups in total. The lowest BCUT2D eigenvalue weighted by atomic mass is 10.1. The zero-order chi connectivity index (χ0) is 11.3. The normalized spacial score (nSPS) is 11.3. The molecule has 0 radical (unpaired) electrons. The molecule has 0 aromatic carbocycles. The van der Waals surface area contributed by atoms with Crippen LogP contribution in [0.3, 0.4) is 0 Å². The van der Waals surface area contributed by atoms with Gasteiger partial charge in [0.1, 0.15) is 5.15 Å². The number of nitrogens with zero attached hydrogens (tertiary/aromatic N) is 3. The van der Waals surface area contributed by atoms with E-state index in [1.807, 2.05) is 0 Å². The van der Waals surface area contributed by atoms with Crippen LogP contribution in [0.5, 0.6) is 0 Å². The Morgan fingerprint density at radius 2 is 2.07 bits per heavy atom. The highest BCUT2D eigenvalue weighted by Gasteiger charge is 2.03. The van der Waals surface area contributed by atoms with Crippen LogP contribution in [0.2, 0.25) is 5.15 Å². The Morgan fingerprint density at radius 1 is 1.33 bits per heavy atom. The molecule has 15 heavy (non-hydrogen) atoms. The molecule has 0 atom stereocenters. The van der Waals surface area contributed by atoms with Crippen molar-refractivity contribution in [1.29, 1.82) is 0 Å². The van der Waals surface area contributed by atoms with Gasteiger partial charge in [0.15, 0.2) is 0 Å². The van der Waals surface area contributed by atoms with Gasteiger partial charge in [0.05, 0.1) is 18.1 Å². The summed E-state index contributed by atoms with van der Waals surface area (Å²) in [5.74, 6) is 0.740. The van der Waals surface area contributed by atoms with E-state index < -0.39 is 0 Å². The molecule has 4 heteroatoms. The topological polar surface area (TPSA) is 29.0 Å². The predicted molar refractivity (Wildman–Crippen MR) is 62.8 cm³/mol. The number of hydrogen-bond donors (Lipinski definition) is 0. The quantitative estimate of drug-likeness (QED) is 0.775. The van der Waals surface area contributed by atoms with Crippen molar-refractivity contribution in [2.75, 3.05) is 13.6 Å². The van der Waals surface area contributed by atoms with Crippen molar-refractivity contribution in [2.24, 2.45) is 5.92 Å². The first-order valence-corrected chi connectivity index (χ1v) is 5.60. The lowest BCUT2D eigenvalue weighted by Crippen LogP contribution is -2.21. The lowest BCUT2D eigenvalue weighted by Gasteiger charge is -2.16. The van der Waals surface area contributed by atoms with Crippen molar-refractivity contribution >= 4 is 11.6 Å². The van der Waals surface area contributed by atoms with E-state index in [1.165, 1.54) is 6.42 Å². The molecule has 0 spiro atoms. The molecule has 0 aliphatic carbocycles. The third-order valence-corrected chi connectivity index (χ3v) is 2.39. The molecule has 84 valence electrons. The van der Waals surface area contributed by atoms with Crippen LogP contribution in [0.25, 0.3) is 0 Å². The predicted octanol–water partition coefficient (Wildman–Crippen LogP) is 2.61. The molecule has 0 amide bonds. The van der Waals surface area contributed by atoms with E-state index in [0.29, 0.717) is 5.15 Å². The highest BCUT2D eigenvalue weighted by atomic mass is 35.5. The van der Waals surface area contributed by atoms with Crippen LogP contribution < -0.4 is 0 Å². The molecule has 0 bridgehead atoms. The van der Waals surface area contributed by atoms with Crippen LogP contribution in [0.4, 0.5) is 0 Å². The smallest absolute Gasteiger partial charge is 0.147 e. The summed E-state index contributed by atoms with van der Waals surface area (Å²) < 4.78 is 0. The number of aromatic nitrogens is 2. The van der Waals surface area contributed by atoms with Crippen LogP contribution in [0, 0.1) is 5.92 Å². The molecule has 0 unspecified atom stereocenters. The van der Waals surface area contributed by atoms with Gasteiger partial charge in [0.25, 0.3) is 0 Å². The molecule has 0 saturated carbocycles. The maximum atomic E-state index is 5.66. The van der Waals surface area contributed by atoms with Gasteiger partial charge >= 0.3 is 0 Å². The third-order valence-electron chi connectivity index (χ3n) is 2.19. The number of hydrogen-bond acceptors (Lipinski definition) is 3. The fourth-order valence-electron chi connectivity index (χ4n) is 1.25. The van der Waals surface area contributed by atoms with Gasteiger partial charge < -0.3 is 4.90 Å². The van der Waals surface area contributed by atoms with Crippen LogP contribution >= 0.6 is 11.6 Å². The van der Waals surface area contributed by atoms with E-state index in [1.54, 1.807) is 12.4 Å². The molecule has 0 saturated heterocycles. The number of halogens is 1. The second-order valence-electron chi connectivity index (χ2n) is 4.25. The van der Waals surface area contributed by atoms with Gasteiger partial charge in [-0.05, 0) is 25.9 Å². The molecule has 0 aliphatic rings. The molecule has 1 aromatic rings. The molecular formula is C11H18ClN3. The fraction of sp³-hybridized carbons (Fsp3) is 0.636. The Bertz CT molecular complexity index is 284. The van der Waals surface area contributed by atoms with Crippen LogP contribution in [-0.2, 0) is 6.54 Å². The summed E-state index contributed by atoms with van der Waals surface area (Å²) in [4.78, 5) is 10.5. The van der Waals surface area contributed by atoms with Crippen molar-refractivity contribution in [3.05, 3.63) is 23.2 Å². The lowest BCUT2D eigenvalue weighted by molar-refractivity contribution is 0.300. The fourth-order valence-corrected chi connectivity index (χ4v) is 1.35. The molecular weight excluding hydrogens is 210 g/mol. The second kappa shape index (κ2) is 6.03.